The second kappa shape index (κ2) is 4.99. The maximum absolute atomic E-state index is 11.3. The van der Waals surface area contributed by atoms with E-state index in [9.17, 15) is 4.79 Å². The van der Waals surface area contributed by atoms with Crippen molar-refractivity contribution in [3.8, 4) is 6.07 Å². The van der Waals surface area contributed by atoms with E-state index in [1.807, 2.05) is 6.07 Å². The van der Waals surface area contributed by atoms with Crippen LogP contribution in [-0.2, 0) is 4.79 Å². The third-order valence-corrected chi connectivity index (χ3v) is 2.65. The topological polar surface area (TPSA) is 52.9 Å². The highest BCUT2D eigenvalue weighted by molar-refractivity contribution is 5.80. The van der Waals surface area contributed by atoms with Crippen molar-refractivity contribution in [2.75, 3.05) is 6.54 Å². The fourth-order valence-electron chi connectivity index (χ4n) is 0.772. The Morgan fingerprint density at radius 2 is 1.93 bits per heavy atom. The first-order chi connectivity index (χ1) is 6.29. The zero-order valence-electron chi connectivity index (χ0n) is 9.72. The lowest BCUT2D eigenvalue weighted by Crippen LogP contribution is -2.36. The van der Waals surface area contributed by atoms with Crippen molar-refractivity contribution in [1.82, 2.24) is 5.32 Å². The second-order valence-electron chi connectivity index (χ2n) is 4.86. The van der Waals surface area contributed by atoms with Crippen LogP contribution in [0.25, 0.3) is 0 Å². The van der Waals surface area contributed by atoms with Gasteiger partial charge in [-0.05, 0) is 18.3 Å². The molecule has 80 valence electrons. The Bertz CT molecular complexity index is 235. The standard InChI is InChI=1S/C11H20N2O/c1-8(6-12)10(14)13-7-9(2)11(3,4)5/h8-9H,7H2,1-5H3,(H,13,14). The number of carbonyl (C=O) groups excluding carboxylic acids is 1. The van der Waals surface area contributed by atoms with Gasteiger partial charge in [0.1, 0.15) is 5.92 Å². The van der Waals surface area contributed by atoms with E-state index in [2.05, 4.69) is 33.0 Å². The number of nitrogens with zero attached hydrogens (tertiary/aromatic N) is 1. The molecule has 0 saturated carbocycles. The number of amides is 1. The van der Waals surface area contributed by atoms with Gasteiger partial charge in [0.25, 0.3) is 0 Å². The van der Waals surface area contributed by atoms with Gasteiger partial charge in [0.15, 0.2) is 0 Å². The molecule has 2 atom stereocenters. The Hall–Kier alpha value is -1.04. The van der Waals surface area contributed by atoms with E-state index in [-0.39, 0.29) is 11.3 Å². The average molecular weight is 196 g/mol. The minimum absolute atomic E-state index is 0.177. The van der Waals surface area contributed by atoms with Gasteiger partial charge >= 0.3 is 0 Å². The third-order valence-electron chi connectivity index (χ3n) is 2.65. The van der Waals surface area contributed by atoms with Gasteiger partial charge in [0.05, 0.1) is 6.07 Å². The van der Waals surface area contributed by atoms with Crippen LogP contribution < -0.4 is 5.32 Å². The van der Waals surface area contributed by atoms with Crippen molar-refractivity contribution in [3.05, 3.63) is 0 Å². The van der Waals surface area contributed by atoms with Crippen LogP contribution in [0.4, 0.5) is 0 Å². The first-order valence-corrected chi connectivity index (χ1v) is 4.96. The largest absolute Gasteiger partial charge is 0.355 e. The van der Waals surface area contributed by atoms with Crippen molar-refractivity contribution in [1.29, 1.82) is 5.26 Å². The van der Waals surface area contributed by atoms with Crippen molar-refractivity contribution in [2.24, 2.45) is 17.3 Å². The summed E-state index contributed by atoms with van der Waals surface area (Å²) in [6.07, 6.45) is 0. The molecule has 3 nitrogen and oxygen atoms in total. The van der Waals surface area contributed by atoms with Crippen molar-refractivity contribution in [2.45, 2.75) is 34.6 Å². The van der Waals surface area contributed by atoms with Crippen LogP contribution in [0.2, 0.25) is 0 Å². The molecule has 0 saturated heterocycles. The molecule has 0 aromatic rings. The molecule has 0 aliphatic carbocycles. The molecule has 0 aromatic carbocycles. The van der Waals surface area contributed by atoms with E-state index in [4.69, 9.17) is 5.26 Å². The van der Waals surface area contributed by atoms with E-state index in [1.54, 1.807) is 6.92 Å². The van der Waals surface area contributed by atoms with Crippen molar-refractivity contribution < 1.29 is 4.79 Å². The van der Waals surface area contributed by atoms with Gasteiger partial charge in [-0.25, -0.2) is 0 Å². The van der Waals surface area contributed by atoms with Gasteiger partial charge in [-0.2, -0.15) is 5.26 Å². The number of nitriles is 1. The molecule has 14 heavy (non-hydrogen) atoms. The van der Waals surface area contributed by atoms with Gasteiger partial charge < -0.3 is 5.32 Å². The number of nitrogens with one attached hydrogen (secondary N) is 1. The first kappa shape index (κ1) is 13.0. The molecule has 1 N–H and O–H groups in total. The molecule has 0 heterocycles. The molecule has 0 spiro atoms. The lowest BCUT2D eigenvalue weighted by molar-refractivity contribution is -0.123. The van der Waals surface area contributed by atoms with Crippen molar-refractivity contribution in [3.63, 3.8) is 0 Å². The van der Waals surface area contributed by atoms with Gasteiger partial charge in [0, 0.05) is 6.54 Å². The van der Waals surface area contributed by atoms with Crippen LogP contribution in [0, 0.1) is 28.6 Å². The SMILES string of the molecule is CC(C#N)C(=O)NCC(C)C(C)(C)C. The minimum Gasteiger partial charge on any atom is -0.355 e. The third kappa shape index (κ3) is 4.27. The lowest BCUT2D eigenvalue weighted by Gasteiger charge is -2.27. The maximum Gasteiger partial charge on any atom is 0.237 e. The second-order valence-corrected chi connectivity index (χ2v) is 4.86. The molecule has 2 unspecified atom stereocenters. The quantitative estimate of drug-likeness (QED) is 0.750. The normalized spacial score (nSPS) is 15.4. The Balaban J connectivity index is 3.97. The van der Waals surface area contributed by atoms with Gasteiger partial charge in [-0.3, -0.25) is 4.79 Å². The number of carbonyl (C=O) groups is 1. The van der Waals surface area contributed by atoms with Crippen LogP contribution in [0.3, 0.4) is 0 Å². The van der Waals surface area contributed by atoms with E-state index in [0.29, 0.717) is 12.5 Å². The van der Waals surface area contributed by atoms with Crippen LogP contribution in [0.15, 0.2) is 0 Å². The molecule has 3 heteroatoms. The van der Waals surface area contributed by atoms with Gasteiger partial charge in [0.2, 0.25) is 5.91 Å². The molecule has 0 radical (unpaired) electrons. The monoisotopic (exact) mass is 196 g/mol. The Labute approximate surface area is 86.5 Å². The van der Waals surface area contributed by atoms with E-state index < -0.39 is 5.92 Å². The summed E-state index contributed by atoms with van der Waals surface area (Å²) in [5.74, 6) is -0.330. The average Bonchev–Trinajstić information content (AvgIpc) is 2.10. The highest BCUT2D eigenvalue weighted by atomic mass is 16.1. The number of hydrogen-bond acceptors (Lipinski definition) is 2. The first-order valence-electron chi connectivity index (χ1n) is 4.96. The molecule has 0 aliphatic heterocycles. The zero-order valence-corrected chi connectivity index (χ0v) is 9.72. The van der Waals surface area contributed by atoms with Gasteiger partial charge in [-0.1, -0.05) is 27.7 Å². The summed E-state index contributed by atoms with van der Waals surface area (Å²) >= 11 is 0. The highest BCUT2D eigenvalue weighted by Crippen LogP contribution is 2.24. The molecule has 0 rings (SSSR count). The molecule has 0 bridgehead atoms. The van der Waals surface area contributed by atoms with Gasteiger partial charge in [-0.15, -0.1) is 0 Å². The summed E-state index contributed by atoms with van der Waals surface area (Å²) in [6.45, 7) is 10.7. The molecule has 0 fully saturated rings. The fourth-order valence-corrected chi connectivity index (χ4v) is 0.772. The highest BCUT2D eigenvalue weighted by Gasteiger charge is 2.21. The van der Waals surface area contributed by atoms with E-state index in [0.717, 1.165) is 0 Å². The summed E-state index contributed by atoms with van der Waals surface area (Å²) in [5.41, 5.74) is 0.184. The molecular weight excluding hydrogens is 176 g/mol. The van der Waals surface area contributed by atoms with Crippen LogP contribution >= 0.6 is 0 Å². The molecular formula is C11H20N2O. The van der Waals surface area contributed by atoms with E-state index in [1.165, 1.54) is 0 Å². The fraction of sp³-hybridized carbons (Fsp3) is 0.818. The smallest absolute Gasteiger partial charge is 0.237 e. The van der Waals surface area contributed by atoms with Crippen LogP contribution in [0.1, 0.15) is 34.6 Å². The summed E-state index contributed by atoms with van der Waals surface area (Å²) in [5, 5.41) is 11.3. The summed E-state index contributed by atoms with van der Waals surface area (Å²) in [4.78, 5) is 11.3. The van der Waals surface area contributed by atoms with Crippen molar-refractivity contribution >= 4 is 5.91 Å². The lowest BCUT2D eigenvalue weighted by atomic mass is 9.82. The summed E-state index contributed by atoms with van der Waals surface area (Å²) in [6, 6.07) is 1.92. The molecule has 0 aromatic heterocycles. The summed E-state index contributed by atoms with van der Waals surface area (Å²) < 4.78 is 0. The van der Waals surface area contributed by atoms with Crippen LogP contribution in [0.5, 0.6) is 0 Å². The number of rotatable bonds is 3. The number of hydrogen-bond donors (Lipinski definition) is 1. The maximum atomic E-state index is 11.3. The van der Waals surface area contributed by atoms with E-state index >= 15 is 0 Å². The summed E-state index contributed by atoms with van der Waals surface area (Å²) in [7, 11) is 0. The Morgan fingerprint density at radius 1 is 1.43 bits per heavy atom. The molecule has 0 aliphatic rings. The molecule has 1 amide bonds. The predicted molar refractivity (Wildman–Crippen MR) is 56.4 cm³/mol. The Kier molecular flexibility index (Phi) is 4.62. The minimum atomic E-state index is -0.554. The van der Waals surface area contributed by atoms with Crippen LogP contribution in [-0.4, -0.2) is 12.5 Å². The zero-order chi connectivity index (χ0) is 11.4. The Morgan fingerprint density at radius 3 is 2.29 bits per heavy atom. The predicted octanol–water partition coefficient (Wildman–Crippen LogP) is 1.94.